The highest BCUT2D eigenvalue weighted by Crippen LogP contribution is 2.26. The summed E-state index contributed by atoms with van der Waals surface area (Å²) in [5.41, 5.74) is 0. The maximum Gasteiger partial charge on any atom is 0.237 e. The van der Waals surface area contributed by atoms with E-state index in [0.717, 1.165) is 30.9 Å². The summed E-state index contributed by atoms with van der Waals surface area (Å²) in [6, 6.07) is 7.55. The van der Waals surface area contributed by atoms with Crippen LogP contribution in [0.5, 0.6) is 11.5 Å². The molecule has 5 nitrogen and oxygen atoms in total. The Kier molecular flexibility index (Phi) is 5.87. The van der Waals surface area contributed by atoms with E-state index in [-0.39, 0.29) is 17.9 Å². The molecule has 1 aromatic rings. The molecule has 1 aliphatic rings. The van der Waals surface area contributed by atoms with Crippen molar-refractivity contribution in [1.29, 1.82) is 0 Å². The fourth-order valence-corrected chi connectivity index (χ4v) is 2.34. The van der Waals surface area contributed by atoms with Crippen LogP contribution in [0.2, 0.25) is 0 Å². The van der Waals surface area contributed by atoms with Crippen LogP contribution in [0, 0.1) is 5.92 Å². The number of rotatable bonds is 7. The van der Waals surface area contributed by atoms with Crippen molar-refractivity contribution in [1.82, 2.24) is 10.6 Å². The summed E-state index contributed by atoms with van der Waals surface area (Å²) in [6.07, 6.45) is 2.00. The summed E-state index contributed by atoms with van der Waals surface area (Å²) in [7, 11) is 1.63. The SMILES string of the molecule is COc1ccccc1OCC(C)CNC(=O)C1CCCN1. The maximum atomic E-state index is 11.9. The Hall–Kier alpha value is -1.75. The summed E-state index contributed by atoms with van der Waals surface area (Å²) >= 11 is 0. The second-order valence-corrected chi connectivity index (χ2v) is 5.46. The number of para-hydroxylation sites is 2. The molecule has 0 bridgehead atoms. The Labute approximate surface area is 126 Å². The molecule has 2 N–H and O–H groups in total. The van der Waals surface area contributed by atoms with Gasteiger partial charge < -0.3 is 20.1 Å². The third kappa shape index (κ3) is 4.63. The lowest BCUT2D eigenvalue weighted by Gasteiger charge is -2.17. The highest BCUT2D eigenvalue weighted by molar-refractivity contribution is 5.81. The van der Waals surface area contributed by atoms with Gasteiger partial charge in [0.2, 0.25) is 5.91 Å². The molecule has 2 atom stereocenters. The van der Waals surface area contributed by atoms with E-state index in [0.29, 0.717) is 13.2 Å². The molecule has 1 amide bonds. The molecule has 1 fully saturated rings. The van der Waals surface area contributed by atoms with E-state index in [1.165, 1.54) is 0 Å². The molecular formula is C16H24N2O3. The first-order valence-electron chi connectivity index (χ1n) is 7.47. The van der Waals surface area contributed by atoms with Gasteiger partial charge in [-0.25, -0.2) is 0 Å². The monoisotopic (exact) mass is 292 g/mol. The van der Waals surface area contributed by atoms with Crippen LogP contribution >= 0.6 is 0 Å². The van der Waals surface area contributed by atoms with Gasteiger partial charge in [0.05, 0.1) is 19.8 Å². The van der Waals surface area contributed by atoms with Gasteiger partial charge in [0.15, 0.2) is 11.5 Å². The zero-order valence-corrected chi connectivity index (χ0v) is 12.7. The van der Waals surface area contributed by atoms with E-state index in [2.05, 4.69) is 17.6 Å². The molecule has 1 heterocycles. The highest BCUT2D eigenvalue weighted by Gasteiger charge is 2.21. The minimum Gasteiger partial charge on any atom is -0.493 e. The lowest BCUT2D eigenvalue weighted by atomic mass is 10.1. The van der Waals surface area contributed by atoms with E-state index >= 15 is 0 Å². The predicted octanol–water partition coefficient (Wildman–Crippen LogP) is 1.58. The number of carbonyl (C=O) groups is 1. The smallest absolute Gasteiger partial charge is 0.237 e. The van der Waals surface area contributed by atoms with Gasteiger partial charge >= 0.3 is 0 Å². The fraction of sp³-hybridized carbons (Fsp3) is 0.562. The Bertz CT molecular complexity index is 459. The molecule has 0 saturated carbocycles. The summed E-state index contributed by atoms with van der Waals surface area (Å²) < 4.78 is 11.0. The minimum absolute atomic E-state index is 0.0210. The van der Waals surface area contributed by atoms with Crippen molar-refractivity contribution in [2.45, 2.75) is 25.8 Å². The summed E-state index contributed by atoms with van der Waals surface area (Å²) in [5, 5.41) is 6.17. The minimum atomic E-state index is -0.0210. The van der Waals surface area contributed by atoms with Gasteiger partial charge in [-0.05, 0) is 31.5 Å². The van der Waals surface area contributed by atoms with Crippen LogP contribution in [0.1, 0.15) is 19.8 Å². The summed E-state index contributed by atoms with van der Waals surface area (Å²) in [5.74, 6) is 1.79. The molecule has 2 unspecified atom stereocenters. The number of ether oxygens (including phenoxy) is 2. The van der Waals surface area contributed by atoms with Crippen molar-refractivity contribution < 1.29 is 14.3 Å². The van der Waals surface area contributed by atoms with Crippen molar-refractivity contribution in [3.8, 4) is 11.5 Å². The summed E-state index contributed by atoms with van der Waals surface area (Å²) in [6.45, 7) is 4.15. The molecule has 0 spiro atoms. The van der Waals surface area contributed by atoms with Gasteiger partial charge in [0.25, 0.3) is 0 Å². The largest absolute Gasteiger partial charge is 0.493 e. The second-order valence-electron chi connectivity index (χ2n) is 5.46. The molecule has 1 aliphatic heterocycles. The van der Waals surface area contributed by atoms with E-state index in [1.54, 1.807) is 7.11 Å². The number of amides is 1. The Morgan fingerprint density at radius 2 is 2.19 bits per heavy atom. The first-order chi connectivity index (χ1) is 10.2. The molecular weight excluding hydrogens is 268 g/mol. The molecule has 0 radical (unpaired) electrons. The quantitative estimate of drug-likeness (QED) is 0.801. The zero-order valence-electron chi connectivity index (χ0n) is 12.7. The van der Waals surface area contributed by atoms with Crippen molar-refractivity contribution in [3.63, 3.8) is 0 Å². The lowest BCUT2D eigenvalue weighted by Crippen LogP contribution is -2.42. The maximum absolute atomic E-state index is 11.9. The normalized spacial score (nSPS) is 19.0. The highest BCUT2D eigenvalue weighted by atomic mass is 16.5. The molecule has 1 saturated heterocycles. The third-order valence-electron chi connectivity index (χ3n) is 3.59. The molecule has 0 aromatic heterocycles. The van der Waals surface area contributed by atoms with Crippen LogP contribution in [-0.4, -0.2) is 38.8 Å². The number of hydrogen-bond acceptors (Lipinski definition) is 4. The number of methoxy groups -OCH3 is 1. The molecule has 0 aliphatic carbocycles. The van der Waals surface area contributed by atoms with Crippen LogP contribution in [0.15, 0.2) is 24.3 Å². The molecule has 2 rings (SSSR count). The van der Waals surface area contributed by atoms with Crippen LogP contribution in [-0.2, 0) is 4.79 Å². The number of benzene rings is 1. The standard InChI is InChI=1S/C16H24N2O3/c1-12(10-18-16(19)13-6-5-9-17-13)11-21-15-8-4-3-7-14(15)20-2/h3-4,7-8,12-13,17H,5-6,9-11H2,1-2H3,(H,18,19). The van der Waals surface area contributed by atoms with Gasteiger partial charge in [0.1, 0.15) is 0 Å². The topological polar surface area (TPSA) is 59.6 Å². The van der Waals surface area contributed by atoms with Gasteiger partial charge in [-0.3, -0.25) is 4.79 Å². The van der Waals surface area contributed by atoms with Crippen LogP contribution in [0.25, 0.3) is 0 Å². The molecule has 5 heteroatoms. The summed E-state index contributed by atoms with van der Waals surface area (Å²) in [4.78, 5) is 11.9. The Balaban J connectivity index is 1.71. The van der Waals surface area contributed by atoms with Crippen molar-refractivity contribution in [3.05, 3.63) is 24.3 Å². The fourth-order valence-electron chi connectivity index (χ4n) is 2.34. The predicted molar refractivity (Wildman–Crippen MR) is 81.7 cm³/mol. The average molecular weight is 292 g/mol. The Morgan fingerprint density at radius 1 is 1.43 bits per heavy atom. The van der Waals surface area contributed by atoms with Crippen LogP contribution in [0.3, 0.4) is 0 Å². The van der Waals surface area contributed by atoms with E-state index in [4.69, 9.17) is 9.47 Å². The van der Waals surface area contributed by atoms with Crippen molar-refractivity contribution in [2.75, 3.05) is 26.8 Å². The first kappa shape index (κ1) is 15.6. The zero-order chi connectivity index (χ0) is 15.1. The van der Waals surface area contributed by atoms with Gasteiger partial charge in [0, 0.05) is 12.5 Å². The Morgan fingerprint density at radius 3 is 2.86 bits per heavy atom. The van der Waals surface area contributed by atoms with Crippen molar-refractivity contribution >= 4 is 5.91 Å². The lowest BCUT2D eigenvalue weighted by molar-refractivity contribution is -0.123. The first-order valence-corrected chi connectivity index (χ1v) is 7.47. The van der Waals surface area contributed by atoms with Gasteiger partial charge in [-0.1, -0.05) is 19.1 Å². The molecule has 116 valence electrons. The number of nitrogens with one attached hydrogen (secondary N) is 2. The van der Waals surface area contributed by atoms with E-state index in [1.807, 2.05) is 24.3 Å². The number of hydrogen-bond donors (Lipinski definition) is 2. The van der Waals surface area contributed by atoms with Crippen molar-refractivity contribution in [2.24, 2.45) is 5.92 Å². The van der Waals surface area contributed by atoms with Gasteiger partial charge in [-0.2, -0.15) is 0 Å². The van der Waals surface area contributed by atoms with Gasteiger partial charge in [-0.15, -0.1) is 0 Å². The van der Waals surface area contributed by atoms with Crippen LogP contribution in [0.4, 0.5) is 0 Å². The van der Waals surface area contributed by atoms with E-state index in [9.17, 15) is 4.79 Å². The van der Waals surface area contributed by atoms with E-state index < -0.39 is 0 Å². The third-order valence-corrected chi connectivity index (χ3v) is 3.59. The average Bonchev–Trinajstić information content (AvgIpc) is 3.05. The van der Waals surface area contributed by atoms with Crippen LogP contribution < -0.4 is 20.1 Å². The molecule has 21 heavy (non-hydrogen) atoms. The number of carbonyl (C=O) groups excluding carboxylic acids is 1. The second kappa shape index (κ2) is 7.88. The molecule has 1 aromatic carbocycles.